The molecule has 3 N–H and O–H groups in total. The van der Waals surface area contributed by atoms with Crippen molar-refractivity contribution < 1.29 is 23.8 Å². The second kappa shape index (κ2) is 15.3. The van der Waals surface area contributed by atoms with E-state index in [1.807, 2.05) is 6.20 Å². The normalized spacial score (nSPS) is 20.2. The van der Waals surface area contributed by atoms with Crippen LogP contribution in [-0.2, 0) is 29.0 Å². The largest absolute Gasteiger partial charge is 0.491 e. The highest BCUT2D eigenvalue weighted by Gasteiger charge is 2.28. The van der Waals surface area contributed by atoms with Crippen LogP contribution in [0.15, 0.2) is 36.7 Å². The third-order valence-corrected chi connectivity index (χ3v) is 6.98. The van der Waals surface area contributed by atoms with Crippen LogP contribution in [0.5, 0.6) is 5.75 Å². The van der Waals surface area contributed by atoms with E-state index in [4.69, 9.17) is 11.2 Å². The number of benzene rings is 1. The number of amides is 1. The van der Waals surface area contributed by atoms with Crippen LogP contribution < -0.4 is 15.4 Å². The van der Waals surface area contributed by atoms with Gasteiger partial charge in [0.15, 0.2) is 17.3 Å². The average molecular weight is 539 g/mol. The van der Waals surface area contributed by atoms with E-state index in [9.17, 15) is 19.1 Å². The van der Waals surface area contributed by atoms with Crippen LogP contribution in [-0.4, -0.2) is 71.6 Å². The summed E-state index contributed by atoms with van der Waals surface area (Å²) in [6.07, 6.45) is 10.8. The molecule has 3 atom stereocenters. The zero-order valence-electron chi connectivity index (χ0n) is 22.8. The summed E-state index contributed by atoms with van der Waals surface area (Å²) in [4.78, 5) is 31.6. The quantitative estimate of drug-likeness (QED) is 0.465. The SMILES string of the molecule is C#CCC1C(=O)CN[C@H]([C@H](O)CNCc2cncc(CC)c2)Cc2ccc(c(F)c2)OCCCCC(=O)N1C. The Labute approximate surface area is 230 Å². The maximum atomic E-state index is 14.7. The standard InChI is InChI=1S/C30H39FN4O4/c1-4-8-26-28(37)20-34-25(27(36)19-33-18-23-13-21(5-2)16-32-17-23)15-22-10-11-29(24(31)14-22)39-12-7-6-9-30(38)35(26)3/h1,10-11,13-14,16-17,25-27,33-34,36H,5-9,12,15,18-20H2,2-3H3/t25-,26?,27+/m0/s1. The van der Waals surface area contributed by atoms with Crippen LogP contribution in [0.2, 0.25) is 0 Å². The highest BCUT2D eigenvalue weighted by molar-refractivity contribution is 5.90. The molecule has 0 saturated carbocycles. The third kappa shape index (κ3) is 9.13. The first-order chi connectivity index (χ1) is 18.8. The minimum absolute atomic E-state index is 0.0951. The van der Waals surface area contributed by atoms with Crippen LogP contribution in [0.3, 0.4) is 0 Å². The Balaban J connectivity index is 1.76. The lowest BCUT2D eigenvalue weighted by molar-refractivity contribution is -0.137. The van der Waals surface area contributed by atoms with Crippen molar-refractivity contribution in [2.75, 3.05) is 26.7 Å². The van der Waals surface area contributed by atoms with Gasteiger partial charge in [0, 0.05) is 51.4 Å². The molecule has 8 nitrogen and oxygen atoms in total. The summed E-state index contributed by atoms with van der Waals surface area (Å²) in [7, 11) is 1.58. The number of terminal acetylenes is 1. The third-order valence-electron chi connectivity index (χ3n) is 6.98. The first kappa shape index (κ1) is 30.2. The van der Waals surface area contributed by atoms with E-state index in [0.717, 1.165) is 17.5 Å². The molecule has 2 aliphatic heterocycles. The molecule has 9 heteroatoms. The van der Waals surface area contributed by atoms with Crippen molar-refractivity contribution in [3.05, 3.63) is 59.2 Å². The molecule has 0 saturated heterocycles. The number of likely N-dealkylation sites (N-methyl/N-ethyl adjacent to an activating group) is 1. The number of Topliss-reactive ketones (excluding diaryl/α,β-unsaturated/α-hetero) is 1. The van der Waals surface area contributed by atoms with E-state index in [2.05, 4.69) is 34.5 Å². The summed E-state index contributed by atoms with van der Waals surface area (Å²) in [5.74, 6) is 1.72. The predicted molar refractivity (Wildman–Crippen MR) is 148 cm³/mol. The van der Waals surface area contributed by atoms with Crippen LogP contribution in [0, 0.1) is 18.2 Å². The minimum Gasteiger partial charge on any atom is -0.491 e. The van der Waals surface area contributed by atoms with Crippen molar-refractivity contribution in [1.29, 1.82) is 0 Å². The lowest BCUT2D eigenvalue weighted by atomic mass is 9.99. The number of nitrogens with zero attached hydrogens (tertiary/aromatic N) is 2. The van der Waals surface area contributed by atoms with Gasteiger partial charge in [0.05, 0.1) is 19.3 Å². The Bertz CT molecular complexity index is 1150. The van der Waals surface area contributed by atoms with Gasteiger partial charge in [-0.1, -0.05) is 19.1 Å². The van der Waals surface area contributed by atoms with E-state index >= 15 is 0 Å². The molecule has 1 unspecified atom stereocenters. The first-order valence-electron chi connectivity index (χ1n) is 13.5. The number of ketones is 1. The monoisotopic (exact) mass is 538 g/mol. The van der Waals surface area contributed by atoms with Gasteiger partial charge in [-0.15, -0.1) is 12.3 Å². The molecular formula is C30H39FN4O4. The van der Waals surface area contributed by atoms with E-state index in [-0.39, 0.29) is 56.4 Å². The van der Waals surface area contributed by atoms with Gasteiger partial charge in [-0.2, -0.15) is 0 Å². The predicted octanol–water partition coefficient (Wildman–Crippen LogP) is 2.42. The zero-order chi connectivity index (χ0) is 28.2. The summed E-state index contributed by atoms with van der Waals surface area (Å²) in [6, 6.07) is 5.44. The lowest BCUT2D eigenvalue weighted by Gasteiger charge is -2.28. The molecule has 1 aromatic carbocycles. The smallest absolute Gasteiger partial charge is 0.222 e. The van der Waals surface area contributed by atoms with Crippen LogP contribution in [0.1, 0.15) is 49.3 Å². The molecule has 0 fully saturated rings. The maximum absolute atomic E-state index is 14.7. The van der Waals surface area contributed by atoms with Crippen molar-refractivity contribution in [2.45, 2.75) is 70.2 Å². The number of carbonyl (C=O) groups is 2. The number of rotatable bonds is 7. The Morgan fingerprint density at radius 2 is 2.08 bits per heavy atom. The Hall–Kier alpha value is -3.32. The molecule has 0 aliphatic carbocycles. The van der Waals surface area contributed by atoms with Crippen LogP contribution >= 0.6 is 0 Å². The summed E-state index contributed by atoms with van der Waals surface area (Å²) in [5, 5.41) is 17.5. The Kier molecular flexibility index (Phi) is 11.9. The second-order valence-corrected chi connectivity index (χ2v) is 9.91. The Morgan fingerprint density at radius 1 is 1.28 bits per heavy atom. The van der Waals surface area contributed by atoms with E-state index in [1.54, 1.807) is 25.4 Å². The maximum Gasteiger partial charge on any atom is 0.222 e. The van der Waals surface area contributed by atoms with Gasteiger partial charge < -0.3 is 25.4 Å². The summed E-state index contributed by atoms with van der Waals surface area (Å²) in [6.45, 7) is 2.98. The highest BCUT2D eigenvalue weighted by atomic mass is 19.1. The number of halogens is 1. The number of aliphatic hydroxyl groups excluding tert-OH is 1. The number of fused-ring (bicyclic) bond motifs is 14. The van der Waals surface area contributed by atoms with Gasteiger partial charge in [0.1, 0.15) is 6.04 Å². The van der Waals surface area contributed by atoms with E-state index in [0.29, 0.717) is 24.9 Å². The second-order valence-electron chi connectivity index (χ2n) is 9.91. The van der Waals surface area contributed by atoms with Gasteiger partial charge in [-0.25, -0.2) is 4.39 Å². The average Bonchev–Trinajstić information content (AvgIpc) is 2.93. The van der Waals surface area contributed by atoms with E-state index < -0.39 is 24.0 Å². The fraction of sp³-hybridized carbons (Fsp3) is 0.500. The summed E-state index contributed by atoms with van der Waals surface area (Å²) in [5.41, 5.74) is 2.78. The van der Waals surface area contributed by atoms with Crippen molar-refractivity contribution in [3.8, 4) is 18.1 Å². The summed E-state index contributed by atoms with van der Waals surface area (Å²) < 4.78 is 20.3. The topological polar surface area (TPSA) is 104 Å². The number of hydrogen-bond acceptors (Lipinski definition) is 7. The number of hydrogen-bond donors (Lipinski definition) is 3. The van der Waals surface area contributed by atoms with Crippen molar-refractivity contribution in [3.63, 3.8) is 0 Å². The molecule has 1 amide bonds. The minimum atomic E-state index is -0.897. The van der Waals surface area contributed by atoms with Gasteiger partial charge in [0.25, 0.3) is 0 Å². The molecule has 0 radical (unpaired) electrons. The number of aliphatic hydroxyl groups is 1. The zero-order valence-corrected chi connectivity index (χ0v) is 22.8. The molecule has 4 rings (SSSR count). The van der Waals surface area contributed by atoms with Gasteiger partial charge in [0.2, 0.25) is 5.91 Å². The van der Waals surface area contributed by atoms with Gasteiger partial charge in [-0.3, -0.25) is 14.6 Å². The molecule has 2 bridgehead atoms. The van der Waals surface area contributed by atoms with Crippen molar-refractivity contribution in [1.82, 2.24) is 20.5 Å². The molecule has 2 aromatic rings. The van der Waals surface area contributed by atoms with Gasteiger partial charge >= 0.3 is 0 Å². The molecule has 3 heterocycles. The molecule has 0 spiro atoms. The van der Waals surface area contributed by atoms with Gasteiger partial charge in [-0.05, 0) is 54.5 Å². The molecule has 2 aliphatic rings. The summed E-state index contributed by atoms with van der Waals surface area (Å²) >= 11 is 0. The molecule has 39 heavy (non-hydrogen) atoms. The van der Waals surface area contributed by atoms with Crippen LogP contribution in [0.4, 0.5) is 4.39 Å². The lowest BCUT2D eigenvalue weighted by Crippen LogP contribution is -2.51. The number of pyridine rings is 1. The number of ether oxygens (including phenoxy) is 1. The highest BCUT2D eigenvalue weighted by Crippen LogP contribution is 2.21. The molecule has 1 aromatic heterocycles. The molecule has 210 valence electrons. The number of nitrogens with one attached hydrogen (secondary N) is 2. The number of aryl methyl sites for hydroxylation is 1. The first-order valence-corrected chi connectivity index (χ1v) is 13.5. The van der Waals surface area contributed by atoms with Crippen molar-refractivity contribution >= 4 is 11.7 Å². The Morgan fingerprint density at radius 3 is 2.82 bits per heavy atom. The molecular weight excluding hydrogens is 499 g/mol. The van der Waals surface area contributed by atoms with E-state index in [1.165, 1.54) is 11.0 Å². The number of carbonyl (C=O) groups excluding carboxylic acids is 2. The fourth-order valence-corrected chi connectivity index (χ4v) is 4.56. The van der Waals surface area contributed by atoms with Crippen molar-refractivity contribution in [2.24, 2.45) is 0 Å². The van der Waals surface area contributed by atoms with Crippen LogP contribution in [0.25, 0.3) is 0 Å². The fourth-order valence-electron chi connectivity index (χ4n) is 4.56. The number of aromatic nitrogens is 1.